The van der Waals surface area contributed by atoms with E-state index >= 15 is 0 Å². The van der Waals surface area contributed by atoms with Crippen molar-refractivity contribution in [3.8, 4) is 5.75 Å². The summed E-state index contributed by atoms with van der Waals surface area (Å²) in [6.07, 6.45) is 0. The van der Waals surface area contributed by atoms with Crippen LogP contribution in [0, 0.1) is 15.9 Å². The van der Waals surface area contributed by atoms with E-state index in [-0.39, 0.29) is 17.9 Å². The Morgan fingerprint density at radius 1 is 1.29 bits per heavy atom. The molecule has 0 aliphatic rings. The molecule has 0 bridgehead atoms. The summed E-state index contributed by atoms with van der Waals surface area (Å²) < 4.78 is 18.8. The summed E-state index contributed by atoms with van der Waals surface area (Å²) in [5.74, 6) is -0.131. The van der Waals surface area contributed by atoms with E-state index in [0.29, 0.717) is 16.1 Å². The van der Waals surface area contributed by atoms with Gasteiger partial charge < -0.3 is 4.74 Å². The molecule has 0 radical (unpaired) electrons. The number of nitro benzene ring substituents is 1. The Labute approximate surface area is 133 Å². The zero-order chi connectivity index (χ0) is 15.4. The monoisotopic (exact) mass is 373 g/mol. The lowest BCUT2D eigenvalue weighted by atomic mass is 10.2. The molecular formula is C14H10BrClFNO3. The normalized spacial score (nSPS) is 10.4. The highest BCUT2D eigenvalue weighted by Gasteiger charge is 2.16. The van der Waals surface area contributed by atoms with E-state index in [2.05, 4.69) is 15.9 Å². The molecule has 0 unspecified atom stereocenters. The Balaban J connectivity index is 2.28. The van der Waals surface area contributed by atoms with Gasteiger partial charge in [-0.25, -0.2) is 4.39 Å². The van der Waals surface area contributed by atoms with Crippen LogP contribution in [0.4, 0.5) is 10.1 Å². The second kappa shape index (κ2) is 6.87. The third-order valence-corrected chi connectivity index (χ3v) is 3.70. The topological polar surface area (TPSA) is 52.4 Å². The molecule has 0 aliphatic carbocycles. The van der Waals surface area contributed by atoms with E-state index in [1.165, 1.54) is 0 Å². The van der Waals surface area contributed by atoms with Gasteiger partial charge in [-0.15, -0.1) is 0 Å². The molecule has 0 heterocycles. The molecule has 0 atom stereocenters. The van der Waals surface area contributed by atoms with Gasteiger partial charge in [0, 0.05) is 17.0 Å². The zero-order valence-electron chi connectivity index (χ0n) is 10.7. The van der Waals surface area contributed by atoms with Gasteiger partial charge in [0.2, 0.25) is 0 Å². The van der Waals surface area contributed by atoms with Crippen molar-refractivity contribution in [2.75, 3.05) is 0 Å². The van der Waals surface area contributed by atoms with Crippen LogP contribution < -0.4 is 4.74 Å². The molecule has 0 amide bonds. The summed E-state index contributed by atoms with van der Waals surface area (Å²) >= 11 is 9.37. The minimum absolute atomic E-state index is 0.141. The van der Waals surface area contributed by atoms with Crippen molar-refractivity contribution >= 4 is 33.2 Å². The molecule has 7 heteroatoms. The van der Waals surface area contributed by atoms with E-state index in [4.69, 9.17) is 16.3 Å². The molecule has 0 aliphatic heterocycles. The number of hydrogen-bond acceptors (Lipinski definition) is 3. The zero-order valence-corrected chi connectivity index (χ0v) is 13.0. The minimum atomic E-state index is -0.573. The standard InChI is InChI=1S/C14H10BrClFNO3/c15-7-9-2-1-3-12(16)14(9)21-8-10-6-11(17)4-5-13(10)18(19)20/h1-6H,7-8H2. The lowest BCUT2D eigenvalue weighted by Gasteiger charge is -2.12. The fraction of sp³-hybridized carbons (Fsp3) is 0.143. The number of rotatable bonds is 5. The number of hydrogen-bond donors (Lipinski definition) is 0. The molecule has 110 valence electrons. The molecule has 0 fully saturated rings. The van der Waals surface area contributed by atoms with E-state index in [9.17, 15) is 14.5 Å². The Bertz CT molecular complexity index is 681. The number of ether oxygens (including phenoxy) is 1. The molecule has 0 spiro atoms. The fourth-order valence-corrected chi connectivity index (χ4v) is 2.51. The lowest BCUT2D eigenvalue weighted by molar-refractivity contribution is -0.385. The number of para-hydroxylation sites is 1. The maximum Gasteiger partial charge on any atom is 0.276 e. The highest BCUT2D eigenvalue weighted by Crippen LogP contribution is 2.31. The molecule has 2 aromatic carbocycles. The first-order chi connectivity index (χ1) is 10.0. The smallest absolute Gasteiger partial charge is 0.276 e. The minimum Gasteiger partial charge on any atom is -0.487 e. The molecule has 0 aromatic heterocycles. The second-order valence-corrected chi connectivity index (χ2v) is 5.15. The third-order valence-electron chi connectivity index (χ3n) is 2.80. The van der Waals surface area contributed by atoms with Gasteiger partial charge in [-0.3, -0.25) is 10.1 Å². The first-order valence-electron chi connectivity index (χ1n) is 5.92. The van der Waals surface area contributed by atoms with Crippen molar-refractivity contribution in [2.24, 2.45) is 0 Å². The third kappa shape index (κ3) is 3.71. The van der Waals surface area contributed by atoms with Gasteiger partial charge >= 0.3 is 0 Å². The molecule has 0 saturated heterocycles. The first-order valence-corrected chi connectivity index (χ1v) is 7.42. The quantitative estimate of drug-likeness (QED) is 0.426. The van der Waals surface area contributed by atoms with E-state index in [1.807, 2.05) is 6.07 Å². The highest BCUT2D eigenvalue weighted by atomic mass is 79.9. The summed E-state index contributed by atoms with van der Waals surface area (Å²) in [4.78, 5) is 10.4. The molecular weight excluding hydrogens is 365 g/mol. The predicted molar refractivity (Wildman–Crippen MR) is 81.5 cm³/mol. The average molecular weight is 375 g/mol. The summed E-state index contributed by atoms with van der Waals surface area (Å²) in [7, 11) is 0. The van der Waals surface area contributed by atoms with Crippen LogP contribution in [0.25, 0.3) is 0 Å². The molecule has 21 heavy (non-hydrogen) atoms. The van der Waals surface area contributed by atoms with Crippen LogP contribution in [-0.2, 0) is 11.9 Å². The van der Waals surface area contributed by atoms with Crippen molar-refractivity contribution in [2.45, 2.75) is 11.9 Å². The van der Waals surface area contributed by atoms with Gasteiger partial charge in [0.05, 0.1) is 15.5 Å². The van der Waals surface area contributed by atoms with Crippen molar-refractivity contribution in [1.82, 2.24) is 0 Å². The number of halogens is 3. The molecule has 4 nitrogen and oxygen atoms in total. The fourth-order valence-electron chi connectivity index (χ4n) is 1.82. The van der Waals surface area contributed by atoms with Gasteiger partial charge in [0.15, 0.2) is 0 Å². The molecule has 0 N–H and O–H groups in total. The Kier molecular flexibility index (Phi) is 5.14. The number of alkyl halides is 1. The Hall–Kier alpha value is -1.66. The average Bonchev–Trinajstić information content (AvgIpc) is 2.45. The van der Waals surface area contributed by atoms with Crippen LogP contribution in [0.5, 0.6) is 5.75 Å². The summed E-state index contributed by atoms with van der Waals surface area (Å²) in [5, 5.41) is 11.8. The summed E-state index contributed by atoms with van der Waals surface area (Å²) in [6, 6.07) is 8.49. The number of benzene rings is 2. The van der Waals surface area contributed by atoms with Crippen molar-refractivity contribution in [1.29, 1.82) is 0 Å². The van der Waals surface area contributed by atoms with Gasteiger partial charge in [-0.2, -0.15) is 0 Å². The van der Waals surface area contributed by atoms with Crippen LogP contribution in [0.1, 0.15) is 11.1 Å². The van der Waals surface area contributed by atoms with Crippen molar-refractivity contribution < 1.29 is 14.1 Å². The Morgan fingerprint density at radius 2 is 2.05 bits per heavy atom. The summed E-state index contributed by atoms with van der Waals surface area (Å²) in [6.45, 7) is -0.141. The number of nitro groups is 1. The number of nitrogens with zero attached hydrogens (tertiary/aromatic N) is 1. The first kappa shape index (κ1) is 15.7. The SMILES string of the molecule is O=[N+]([O-])c1ccc(F)cc1COc1c(Cl)cccc1CBr. The van der Waals surface area contributed by atoms with Crippen LogP contribution >= 0.6 is 27.5 Å². The molecule has 2 rings (SSSR count). The molecule has 0 saturated carbocycles. The van der Waals surface area contributed by atoms with Crippen LogP contribution in [0.15, 0.2) is 36.4 Å². The van der Waals surface area contributed by atoms with Gasteiger partial charge in [0.25, 0.3) is 5.69 Å². The predicted octanol–water partition coefficient (Wildman–Crippen LogP) is 4.86. The van der Waals surface area contributed by atoms with Gasteiger partial charge in [-0.05, 0) is 18.2 Å². The Morgan fingerprint density at radius 3 is 2.71 bits per heavy atom. The lowest BCUT2D eigenvalue weighted by Crippen LogP contribution is -2.03. The van der Waals surface area contributed by atoms with E-state index in [1.54, 1.807) is 12.1 Å². The van der Waals surface area contributed by atoms with Crippen LogP contribution in [0.3, 0.4) is 0 Å². The second-order valence-electron chi connectivity index (χ2n) is 4.18. The van der Waals surface area contributed by atoms with Crippen molar-refractivity contribution in [3.63, 3.8) is 0 Å². The van der Waals surface area contributed by atoms with Gasteiger partial charge in [0.1, 0.15) is 18.2 Å². The summed E-state index contributed by atoms with van der Waals surface area (Å²) in [5.41, 5.74) is 0.769. The maximum absolute atomic E-state index is 13.2. The molecule has 2 aromatic rings. The van der Waals surface area contributed by atoms with Crippen molar-refractivity contribution in [3.05, 3.63) is 68.5 Å². The van der Waals surface area contributed by atoms with Crippen LogP contribution in [-0.4, -0.2) is 4.92 Å². The van der Waals surface area contributed by atoms with E-state index < -0.39 is 10.7 Å². The van der Waals surface area contributed by atoms with Crippen LogP contribution in [0.2, 0.25) is 5.02 Å². The maximum atomic E-state index is 13.2. The van der Waals surface area contributed by atoms with E-state index in [0.717, 1.165) is 23.8 Å². The largest absolute Gasteiger partial charge is 0.487 e. The van der Waals surface area contributed by atoms with Gasteiger partial charge in [-0.1, -0.05) is 39.7 Å². The highest BCUT2D eigenvalue weighted by molar-refractivity contribution is 9.08.